The summed E-state index contributed by atoms with van der Waals surface area (Å²) in [7, 11) is -9.94. The first-order valence-corrected chi connectivity index (χ1v) is 42.9. The number of rotatable bonds is 76. The van der Waals surface area contributed by atoms with Crippen LogP contribution in [0.4, 0.5) is 0 Å². The molecule has 0 aromatic heterocycles. The third kappa shape index (κ3) is 71.4. The van der Waals surface area contributed by atoms with E-state index in [9.17, 15) is 43.2 Å². The van der Waals surface area contributed by atoms with E-state index < -0.39 is 97.5 Å². The molecule has 98 heavy (non-hydrogen) atoms. The molecule has 0 heterocycles. The van der Waals surface area contributed by atoms with Crippen molar-refractivity contribution in [3.63, 3.8) is 0 Å². The van der Waals surface area contributed by atoms with Crippen LogP contribution in [0, 0.1) is 0 Å². The van der Waals surface area contributed by atoms with E-state index in [1.54, 1.807) is 0 Å². The highest BCUT2D eigenvalue weighted by atomic mass is 31.2. The number of allylic oxidation sites excluding steroid dienone is 8. The number of hydrogen-bond acceptors (Lipinski definition) is 15. The molecule has 0 saturated carbocycles. The van der Waals surface area contributed by atoms with Gasteiger partial charge in [0.15, 0.2) is 12.2 Å². The maximum atomic E-state index is 13.1. The van der Waals surface area contributed by atoms with E-state index in [2.05, 4.69) is 76.3 Å². The molecule has 0 fully saturated rings. The third-order valence-corrected chi connectivity index (χ3v) is 19.2. The van der Waals surface area contributed by atoms with E-state index in [1.807, 2.05) is 0 Å². The second-order valence-corrected chi connectivity index (χ2v) is 29.9. The van der Waals surface area contributed by atoms with Crippen molar-refractivity contribution in [3.05, 3.63) is 48.6 Å². The number of aliphatic hydroxyl groups excluding tert-OH is 1. The van der Waals surface area contributed by atoms with Gasteiger partial charge in [-0.3, -0.25) is 37.3 Å². The number of hydrogen-bond donors (Lipinski definition) is 3. The van der Waals surface area contributed by atoms with Crippen LogP contribution in [0.3, 0.4) is 0 Å². The number of carbonyl (C=O) groups is 4. The van der Waals surface area contributed by atoms with Crippen molar-refractivity contribution in [1.82, 2.24) is 0 Å². The lowest BCUT2D eigenvalue weighted by molar-refractivity contribution is -0.161. The van der Waals surface area contributed by atoms with E-state index in [4.69, 9.17) is 37.0 Å². The van der Waals surface area contributed by atoms with Gasteiger partial charge in [-0.1, -0.05) is 295 Å². The zero-order chi connectivity index (χ0) is 71.8. The number of esters is 4. The van der Waals surface area contributed by atoms with Crippen molar-refractivity contribution >= 4 is 39.5 Å². The van der Waals surface area contributed by atoms with Crippen molar-refractivity contribution in [1.29, 1.82) is 0 Å². The number of ether oxygens (including phenoxy) is 4. The molecule has 0 aliphatic rings. The van der Waals surface area contributed by atoms with Crippen molar-refractivity contribution in [2.45, 2.75) is 393 Å². The second-order valence-electron chi connectivity index (χ2n) is 27.0. The van der Waals surface area contributed by atoms with Crippen LogP contribution in [0.1, 0.15) is 374 Å². The van der Waals surface area contributed by atoms with Crippen LogP contribution in [0.15, 0.2) is 48.6 Å². The summed E-state index contributed by atoms with van der Waals surface area (Å²) in [5.74, 6) is -2.17. The highest BCUT2D eigenvalue weighted by Gasteiger charge is 2.30. The summed E-state index contributed by atoms with van der Waals surface area (Å²) in [6, 6.07) is 0. The first kappa shape index (κ1) is 95.0. The van der Waals surface area contributed by atoms with Gasteiger partial charge in [-0.2, -0.15) is 0 Å². The molecule has 0 amide bonds. The van der Waals surface area contributed by atoms with Crippen molar-refractivity contribution in [2.75, 3.05) is 39.6 Å². The lowest BCUT2D eigenvalue weighted by Crippen LogP contribution is -2.30. The molecule has 0 spiro atoms. The Balaban J connectivity index is 5.33. The Morgan fingerprint density at radius 2 is 0.500 bits per heavy atom. The molecule has 0 bridgehead atoms. The Labute approximate surface area is 597 Å². The molecule has 2 unspecified atom stereocenters. The zero-order valence-corrected chi connectivity index (χ0v) is 64.5. The number of phosphoric acid groups is 2. The lowest BCUT2D eigenvalue weighted by Gasteiger charge is -2.21. The van der Waals surface area contributed by atoms with Crippen LogP contribution < -0.4 is 0 Å². The first-order valence-electron chi connectivity index (χ1n) is 39.9. The summed E-state index contributed by atoms with van der Waals surface area (Å²) in [6.07, 6.45) is 69.4. The van der Waals surface area contributed by atoms with Crippen molar-refractivity contribution in [2.24, 2.45) is 0 Å². The largest absolute Gasteiger partial charge is 0.472 e. The number of carbonyl (C=O) groups excluding carboxylic acids is 4. The molecule has 0 radical (unpaired) electrons. The highest BCUT2D eigenvalue weighted by molar-refractivity contribution is 7.47. The van der Waals surface area contributed by atoms with Gasteiger partial charge in [0, 0.05) is 25.7 Å². The summed E-state index contributed by atoms with van der Waals surface area (Å²) in [5.41, 5.74) is 0. The number of phosphoric ester groups is 2. The van der Waals surface area contributed by atoms with Crippen LogP contribution in [0.2, 0.25) is 0 Å². The molecule has 0 saturated heterocycles. The molecule has 3 N–H and O–H groups in total. The van der Waals surface area contributed by atoms with Crippen LogP contribution in [0.5, 0.6) is 0 Å². The summed E-state index contributed by atoms with van der Waals surface area (Å²) < 4.78 is 68.6. The third-order valence-electron chi connectivity index (χ3n) is 17.3. The van der Waals surface area contributed by atoms with Gasteiger partial charge < -0.3 is 33.8 Å². The fourth-order valence-corrected chi connectivity index (χ4v) is 12.7. The Kier molecular flexibility index (Phi) is 70.2. The SMILES string of the molecule is CCCCCC/C=C\C=C/CCCCCCCC(=O)OC[C@H](COP(=O)(O)OC[C@H](O)COP(=O)(O)OC[C@@H](COC(=O)CCCCCCC/C=C\CCCCCCCC)OC(=O)CCCCCCC/C=C\CCCCCCCC)OC(=O)CCCCCCCCCCCCCCC. The fraction of sp³-hybridized carbons (Fsp3) is 0.848. The first-order chi connectivity index (χ1) is 47.7. The molecule has 0 aliphatic carbocycles. The average molecular weight is 1430 g/mol. The van der Waals surface area contributed by atoms with E-state index in [0.717, 1.165) is 141 Å². The van der Waals surface area contributed by atoms with E-state index in [-0.39, 0.29) is 25.7 Å². The molecule has 0 aromatic carbocycles. The molecular weight excluding hydrogens is 1280 g/mol. The molecule has 5 atom stereocenters. The maximum Gasteiger partial charge on any atom is 0.472 e. The predicted octanol–water partition coefficient (Wildman–Crippen LogP) is 22.9. The predicted molar refractivity (Wildman–Crippen MR) is 400 cm³/mol. The Morgan fingerprint density at radius 3 is 0.776 bits per heavy atom. The minimum atomic E-state index is -4.97. The zero-order valence-electron chi connectivity index (χ0n) is 62.7. The molecule has 574 valence electrons. The quantitative estimate of drug-likeness (QED) is 0.0128. The van der Waals surface area contributed by atoms with Gasteiger partial charge >= 0.3 is 39.5 Å². The van der Waals surface area contributed by atoms with Gasteiger partial charge in [0.25, 0.3) is 0 Å². The van der Waals surface area contributed by atoms with Crippen LogP contribution >= 0.6 is 15.6 Å². The number of aliphatic hydroxyl groups is 1. The summed E-state index contributed by atoms with van der Waals surface area (Å²) in [6.45, 7) is 4.88. The molecule has 19 heteroatoms. The molecule has 0 rings (SSSR count). The Bertz CT molecular complexity index is 2050. The molecule has 0 aromatic rings. The average Bonchev–Trinajstić information content (AvgIpc) is 0.959. The summed E-state index contributed by atoms with van der Waals surface area (Å²) in [5, 5.41) is 10.6. The van der Waals surface area contributed by atoms with Crippen LogP contribution in [-0.4, -0.2) is 96.7 Å². The van der Waals surface area contributed by atoms with Crippen molar-refractivity contribution in [3.8, 4) is 0 Å². The second kappa shape index (κ2) is 72.4. The summed E-state index contributed by atoms with van der Waals surface area (Å²) in [4.78, 5) is 72.9. The van der Waals surface area contributed by atoms with Gasteiger partial charge in [0.2, 0.25) is 0 Å². The Hall–Kier alpha value is -2.98. The van der Waals surface area contributed by atoms with Gasteiger partial charge in [0.1, 0.15) is 19.3 Å². The standard InChI is InChI=1S/C79H146O17P2/c1-5-9-13-17-21-25-29-33-36-40-43-47-51-55-59-63-76(81)89-69-74(95-78(83)65-61-57-53-49-45-39-32-28-24-20-16-12-8-4)71-93-97(85,86)91-67-73(80)68-92-98(87,88)94-72-75(96-79(84)66-62-58-54-50-46-42-38-35-31-27-23-19-15-11-7-3)70-90-77(82)64-60-56-52-48-44-41-37-34-30-26-22-18-14-10-6-2/h25,29,33-38,73-75,80H,5-24,26-28,30-32,39-72H2,1-4H3,(H,85,86)(H,87,88)/b29-25-,36-33-,37-34-,38-35-/t73-,74+,75+/m0/s1. The maximum absolute atomic E-state index is 13.1. The minimum absolute atomic E-state index is 0.0886. The van der Waals surface area contributed by atoms with Gasteiger partial charge in [-0.15, -0.1) is 0 Å². The minimum Gasteiger partial charge on any atom is -0.462 e. The monoisotopic (exact) mass is 1430 g/mol. The molecule has 0 aliphatic heterocycles. The molecule has 17 nitrogen and oxygen atoms in total. The molecular formula is C79H146O17P2. The van der Waals surface area contributed by atoms with Crippen LogP contribution in [0.25, 0.3) is 0 Å². The summed E-state index contributed by atoms with van der Waals surface area (Å²) >= 11 is 0. The number of unbranched alkanes of at least 4 members (excludes halogenated alkanes) is 43. The van der Waals surface area contributed by atoms with Gasteiger partial charge in [-0.25, -0.2) is 9.13 Å². The van der Waals surface area contributed by atoms with E-state index in [0.29, 0.717) is 25.7 Å². The topological polar surface area (TPSA) is 237 Å². The highest BCUT2D eigenvalue weighted by Crippen LogP contribution is 2.45. The van der Waals surface area contributed by atoms with E-state index in [1.165, 1.54) is 154 Å². The van der Waals surface area contributed by atoms with Gasteiger partial charge in [-0.05, 0) is 103 Å². The fourth-order valence-electron chi connectivity index (χ4n) is 11.1. The smallest absolute Gasteiger partial charge is 0.462 e. The normalized spacial score (nSPS) is 14.2. The van der Waals surface area contributed by atoms with Crippen molar-refractivity contribution < 1.29 is 80.2 Å². The van der Waals surface area contributed by atoms with E-state index >= 15 is 0 Å². The van der Waals surface area contributed by atoms with Crippen LogP contribution in [-0.2, 0) is 65.4 Å². The Morgan fingerprint density at radius 1 is 0.286 bits per heavy atom. The lowest BCUT2D eigenvalue weighted by atomic mass is 10.0. The van der Waals surface area contributed by atoms with Gasteiger partial charge in [0.05, 0.1) is 26.4 Å².